The number of hydrogen-bond acceptors (Lipinski definition) is 9. The number of fused-ring (bicyclic) bond motifs is 4. The van der Waals surface area contributed by atoms with E-state index in [4.69, 9.17) is 14.2 Å². The Morgan fingerprint density at radius 1 is 0.952 bits per heavy atom. The van der Waals surface area contributed by atoms with Gasteiger partial charge in [-0.05, 0) is 129 Å². The van der Waals surface area contributed by atoms with Gasteiger partial charge in [-0.15, -0.1) is 0 Å². The number of benzene rings is 4. The van der Waals surface area contributed by atoms with Crippen molar-refractivity contribution in [1.29, 1.82) is 0 Å². The van der Waals surface area contributed by atoms with Crippen LogP contribution in [0.5, 0.6) is 17.2 Å². The fourth-order valence-corrected chi connectivity index (χ4v) is 12.0. The molecule has 0 bridgehead atoms. The second kappa shape index (κ2) is 17.3. The molecule has 10 nitrogen and oxygen atoms in total. The SMILES string of the molecule is C=C1CC[C@H](CCc2cc3c(cc2C(C)=O)OCC2CN(CC4COC5(CCN(c6ccc(C7c8ccc(O)cc8CCC7c7ccccc7)c(OC)c6)CC5)C4)CCN32)C(=O)N1. The molecule has 0 aromatic heterocycles. The van der Waals surface area contributed by atoms with Gasteiger partial charge in [0, 0.05) is 79.7 Å². The molecule has 5 atom stereocenters. The van der Waals surface area contributed by atoms with Crippen molar-refractivity contribution >= 4 is 23.1 Å². The first-order chi connectivity index (χ1) is 30.6. The molecule has 10 heteroatoms. The number of allylic oxidation sites excluding steroid dienone is 1. The Hall–Kier alpha value is -5.32. The second-order valence-electron chi connectivity index (χ2n) is 19.2. The van der Waals surface area contributed by atoms with Gasteiger partial charge >= 0.3 is 0 Å². The highest BCUT2D eigenvalue weighted by molar-refractivity contribution is 5.97. The van der Waals surface area contributed by atoms with Gasteiger partial charge in [0.1, 0.15) is 23.9 Å². The van der Waals surface area contributed by atoms with E-state index in [-0.39, 0.29) is 35.2 Å². The second-order valence-corrected chi connectivity index (χ2v) is 19.2. The van der Waals surface area contributed by atoms with Gasteiger partial charge in [-0.1, -0.05) is 49.0 Å². The van der Waals surface area contributed by atoms with Crippen LogP contribution < -0.4 is 24.6 Å². The molecule has 1 aliphatic carbocycles. The summed E-state index contributed by atoms with van der Waals surface area (Å²) in [5.74, 6) is 2.98. The molecule has 6 aliphatic rings. The fraction of sp³-hybridized carbons (Fsp3) is 0.472. The third-order valence-corrected chi connectivity index (χ3v) is 15.3. The van der Waals surface area contributed by atoms with Crippen LogP contribution >= 0.6 is 0 Å². The van der Waals surface area contributed by atoms with Crippen molar-refractivity contribution in [3.63, 3.8) is 0 Å². The van der Waals surface area contributed by atoms with Crippen molar-refractivity contribution in [2.45, 2.75) is 88.2 Å². The molecule has 4 fully saturated rings. The van der Waals surface area contributed by atoms with E-state index in [9.17, 15) is 14.7 Å². The topological polar surface area (TPSA) is 104 Å². The summed E-state index contributed by atoms with van der Waals surface area (Å²) >= 11 is 0. The van der Waals surface area contributed by atoms with E-state index in [1.165, 1.54) is 27.9 Å². The van der Waals surface area contributed by atoms with Crippen LogP contribution in [0.25, 0.3) is 0 Å². The average Bonchev–Trinajstić information content (AvgIpc) is 3.68. The molecule has 5 heterocycles. The Balaban J connectivity index is 0.763. The lowest BCUT2D eigenvalue weighted by Gasteiger charge is -2.46. The molecule has 10 rings (SSSR count). The number of ether oxygens (including phenoxy) is 3. The minimum atomic E-state index is -0.0721. The number of piperazine rings is 1. The Morgan fingerprint density at radius 2 is 1.78 bits per heavy atom. The van der Waals surface area contributed by atoms with Gasteiger partial charge in [-0.3, -0.25) is 14.5 Å². The fourth-order valence-electron chi connectivity index (χ4n) is 12.0. The summed E-state index contributed by atoms with van der Waals surface area (Å²) in [5.41, 5.74) is 9.72. The average molecular weight is 851 g/mol. The van der Waals surface area contributed by atoms with Crippen molar-refractivity contribution in [2.75, 3.05) is 69.4 Å². The third kappa shape index (κ3) is 8.32. The number of methoxy groups -OCH3 is 1. The van der Waals surface area contributed by atoms with E-state index < -0.39 is 0 Å². The largest absolute Gasteiger partial charge is 0.508 e. The van der Waals surface area contributed by atoms with Crippen LogP contribution in [0.2, 0.25) is 0 Å². The normalized spacial score (nSPS) is 25.5. The lowest BCUT2D eigenvalue weighted by molar-refractivity contribution is -0.125. The molecule has 4 saturated heterocycles. The lowest BCUT2D eigenvalue weighted by Crippen LogP contribution is -2.58. The van der Waals surface area contributed by atoms with E-state index in [0.29, 0.717) is 42.6 Å². The van der Waals surface area contributed by atoms with Crippen molar-refractivity contribution in [3.05, 3.63) is 125 Å². The van der Waals surface area contributed by atoms with Crippen molar-refractivity contribution in [3.8, 4) is 17.2 Å². The van der Waals surface area contributed by atoms with E-state index >= 15 is 0 Å². The highest BCUT2D eigenvalue weighted by Crippen LogP contribution is 2.50. The number of aromatic hydroxyl groups is 1. The maximum atomic E-state index is 12.8. The maximum Gasteiger partial charge on any atom is 0.227 e. The number of Topliss-reactive ketones (excluding diaryl/α,β-unsaturated/α-hetero) is 1. The number of carbonyl (C=O) groups is 2. The third-order valence-electron chi connectivity index (χ3n) is 15.3. The number of hydrogen-bond donors (Lipinski definition) is 2. The number of anilines is 2. The molecule has 63 heavy (non-hydrogen) atoms. The number of piperidine rings is 2. The first-order valence-electron chi connectivity index (χ1n) is 23.4. The molecule has 1 spiro atoms. The lowest BCUT2D eigenvalue weighted by atomic mass is 9.69. The molecule has 2 N–H and O–H groups in total. The van der Waals surface area contributed by atoms with Crippen LogP contribution in [-0.4, -0.2) is 92.9 Å². The van der Waals surface area contributed by atoms with Gasteiger partial charge in [-0.2, -0.15) is 0 Å². The smallest absolute Gasteiger partial charge is 0.227 e. The number of aryl methyl sites for hydroxylation is 2. The first kappa shape index (κ1) is 41.7. The number of nitrogens with one attached hydrogen (secondary N) is 1. The van der Waals surface area contributed by atoms with Gasteiger partial charge < -0.3 is 34.4 Å². The number of amides is 1. The minimum Gasteiger partial charge on any atom is -0.508 e. The molecular weight excluding hydrogens is 789 g/mol. The van der Waals surface area contributed by atoms with Crippen LogP contribution in [0.15, 0.2) is 91.1 Å². The number of ketones is 1. The molecule has 0 radical (unpaired) electrons. The predicted octanol–water partition coefficient (Wildman–Crippen LogP) is 8.40. The zero-order chi connectivity index (χ0) is 43.2. The van der Waals surface area contributed by atoms with E-state index in [0.717, 1.165) is 119 Å². The number of nitrogens with zero attached hydrogens (tertiary/aromatic N) is 3. The summed E-state index contributed by atoms with van der Waals surface area (Å²) in [6.45, 7) is 12.7. The number of phenols is 1. The summed E-state index contributed by atoms with van der Waals surface area (Å²) in [4.78, 5) is 33.0. The van der Waals surface area contributed by atoms with Gasteiger partial charge in [0.05, 0.1) is 31.0 Å². The summed E-state index contributed by atoms with van der Waals surface area (Å²) in [6, 6.07) is 27.9. The number of phenolic OH excluding ortho intramolecular Hbond substituents is 1. The summed E-state index contributed by atoms with van der Waals surface area (Å²) in [5, 5.41) is 13.3. The summed E-state index contributed by atoms with van der Waals surface area (Å²) in [6.07, 6.45) is 8.06. The Labute approximate surface area is 372 Å². The van der Waals surface area contributed by atoms with Crippen molar-refractivity contribution in [1.82, 2.24) is 10.2 Å². The molecule has 330 valence electrons. The molecular formula is C53H62N4O6. The molecule has 1 amide bonds. The van der Waals surface area contributed by atoms with Crippen molar-refractivity contribution in [2.24, 2.45) is 11.8 Å². The van der Waals surface area contributed by atoms with Gasteiger partial charge in [0.15, 0.2) is 5.78 Å². The van der Waals surface area contributed by atoms with Gasteiger partial charge in [-0.25, -0.2) is 0 Å². The van der Waals surface area contributed by atoms with E-state index in [1.807, 2.05) is 18.2 Å². The Morgan fingerprint density at radius 3 is 2.57 bits per heavy atom. The molecule has 0 saturated carbocycles. The van der Waals surface area contributed by atoms with E-state index in [2.05, 4.69) is 87.3 Å². The summed E-state index contributed by atoms with van der Waals surface area (Å²) in [7, 11) is 1.79. The van der Waals surface area contributed by atoms with Crippen LogP contribution in [-0.2, 0) is 22.4 Å². The van der Waals surface area contributed by atoms with Crippen LogP contribution in [0.1, 0.15) is 102 Å². The first-order valence-corrected chi connectivity index (χ1v) is 23.4. The van der Waals surface area contributed by atoms with Crippen molar-refractivity contribution < 1.29 is 28.9 Å². The standard InChI is InChI=1S/C53H62N4O6/c1-34-9-10-38(52(60)54-34)11-12-40-26-48-50(28-47(40)35(2)58)62-33-42-31-55(23-24-57(42)48)30-36-29-53(63-32-36)19-21-56(22-20-53)41-14-17-46(49(27-41)61-3)51-44(37-7-5-4-6-8-37)16-13-39-25-43(59)15-18-45(39)51/h4-8,14-15,17-18,25-28,36,38,42,44,51,59H,1,9-13,16,19-24,29-33H2,2-3H3,(H,54,60)/t36?,38-,42?,44?,51?/m1/s1. The molecule has 4 aromatic carbocycles. The quantitative estimate of drug-likeness (QED) is 0.152. The molecule has 4 unspecified atom stereocenters. The predicted molar refractivity (Wildman–Crippen MR) is 247 cm³/mol. The zero-order valence-corrected chi connectivity index (χ0v) is 37.0. The number of rotatable bonds is 10. The molecule has 4 aromatic rings. The highest BCUT2D eigenvalue weighted by atomic mass is 16.5. The monoisotopic (exact) mass is 850 g/mol. The van der Waals surface area contributed by atoms with Crippen LogP contribution in [0, 0.1) is 11.8 Å². The van der Waals surface area contributed by atoms with Gasteiger partial charge in [0.2, 0.25) is 5.91 Å². The minimum absolute atomic E-state index is 0.0312. The van der Waals surface area contributed by atoms with E-state index in [1.54, 1.807) is 14.0 Å². The van der Waals surface area contributed by atoms with Crippen LogP contribution in [0.4, 0.5) is 11.4 Å². The van der Waals surface area contributed by atoms with Gasteiger partial charge in [0.25, 0.3) is 0 Å². The Bertz CT molecular complexity index is 2370. The highest BCUT2D eigenvalue weighted by Gasteiger charge is 2.44. The zero-order valence-electron chi connectivity index (χ0n) is 37.0. The summed E-state index contributed by atoms with van der Waals surface area (Å²) < 4.78 is 19.3. The Kier molecular flexibility index (Phi) is 11.5. The number of carbonyl (C=O) groups excluding carboxylic acids is 2. The maximum absolute atomic E-state index is 12.8. The van der Waals surface area contributed by atoms with Crippen LogP contribution in [0.3, 0.4) is 0 Å². The molecule has 5 aliphatic heterocycles.